The molecule has 0 saturated carbocycles. The molecule has 1 aromatic heterocycles. The van der Waals surface area contributed by atoms with Crippen LogP contribution >= 0.6 is 0 Å². The van der Waals surface area contributed by atoms with Crippen LogP contribution in [-0.4, -0.2) is 11.0 Å². The zero-order chi connectivity index (χ0) is 12.5. The van der Waals surface area contributed by atoms with Crippen molar-refractivity contribution in [3.05, 3.63) is 36.0 Å². The van der Waals surface area contributed by atoms with Gasteiger partial charge in [-0.05, 0) is 29.9 Å². The molecule has 0 aliphatic carbocycles. The zero-order valence-corrected chi connectivity index (χ0v) is 11.0. The van der Waals surface area contributed by atoms with Gasteiger partial charge in [-0.3, -0.25) is 0 Å². The van der Waals surface area contributed by atoms with Crippen molar-refractivity contribution < 1.29 is 0 Å². The van der Waals surface area contributed by atoms with E-state index in [4.69, 9.17) is 5.73 Å². The lowest BCUT2D eigenvalue weighted by atomic mass is 9.86. The highest BCUT2D eigenvalue weighted by molar-refractivity contribution is 5.83. The number of H-pyrrole nitrogens is 1. The van der Waals surface area contributed by atoms with E-state index in [1.807, 2.05) is 0 Å². The molecule has 2 aromatic rings. The first-order valence-electron chi connectivity index (χ1n) is 6.26. The van der Waals surface area contributed by atoms with Crippen LogP contribution in [0, 0.1) is 5.41 Å². The molecular formula is C15H22N2. The lowest BCUT2D eigenvalue weighted by Gasteiger charge is -2.22. The highest BCUT2D eigenvalue weighted by Crippen LogP contribution is 2.24. The smallest absolute Gasteiger partial charge is 0.0456 e. The van der Waals surface area contributed by atoms with Crippen LogP contribution < -0.4 is 5.73 Å². The van der Waals surface area contributed by atoms with E-state index in [0.29, 0.717) is 5.41 Å². The van der Waals surface area contributed by atoms with E-state index in [-0.39, 0.29) is 6.04 Å². The number of fused-ring (bicyclic) bond motifs is 1. The summed E-state index contributed by atoms with van der Waals surface area (Å²) in [6, 6.07) is 8.63. The number of nitrogens with one attached hydrogen (secondary N) is 1. The molecule has 1 aromatic carbocycles. The van der Waals surface area contributed by atoms with Crippen molar-refractivity contribution in [3.63, 3.8) is 0 Å². The summed E-state index contributed by atoms with van der Waals surface area (Å²) in [6.45, 7) is 6.71. The number of para-hydroxylation sites is 1. The maximum absolute atomic E-state index is 6.23. The summed E-state index contributed by atoms with van der Waals surface area (Å²) < 4.78 is 0. The zero-order valence-electron chi connectivity index (χ0n) is 11.0. The quantitative estimate of drug-likeness (QED) is 0.833. The summed E-state index contributed by atoms with van der Waals surface area (Å²) in [7, 11) is 0. The number of benzene rings is 1. The molecule has 92 valence electrons. The molecule has 1 atom stereocenters. The third kappa shape index (κ3) is 3.10. The monoisotopic (exact) mass is 230 g/mol. The Labute approximate surface area is 103 Å². The Morgan fingerprint density at radius 1 is 1.24 bits per heavy atom. The van der Waals surface area contributed by atoms with Crippen molar-refractivity contribution in [1.29, 1.82) is 0 Å². The predicted octanol–water partition coefficient (Wildman–Crippen LogP) is 3.47. The van der Waals surface area contributed by atoms with Gasteiger partial charge in [0.1, 0.15) is 0 Å². The van der Waals surface area contributed by atoms with Crippen molar-refractivity contribution in [2.75, 3.05) is 0 Å². The second kappa shape index (κ2) is 4.53. The third-order valence-electron chi connectivity index (χ3n) is 3.03. The van der Waals surface area contributed by atoms with E-state index in [0.717, 1.165) is 12.8 Å². The standard InChI is InChI=1S/C15H22N2/c1-15(2,3)9-12(16)8-11-10-17-14-7-5-4-6-13(11)14/h4-7,10,12,17H,8-9,16H2,1-3H3. The maximum atomic E-state index is 6.23. The number of rotatable bonds is 3. The number of nitrogens with two attached hydrogens (primary N) is 1. The van der Waals surface area contributed by atoms with Gasteiger partial charge < -0.3 is 10.7 Å². The van der Waals surface area contributed by atoms with Crippen molar-refractivity contribution in [1.82, 2.24) is 4.98 Å². The highest BCUT2D eigenvalue weighted by atomic mass is 14.7. The Hall–Kier alpha value is -1.28. The minimum absolute atomic E-state index is 0.231. The Kier molecular flexibility index (Phi) is 3.25. The number of aromatic nitrogens is 1. The van der Waals surface area contributed by atoms with Gasteiger partial charge in [0.05, 0.1) is 0 Å². The van der Waals surface area contributed by atoms with Crippen LogP contribution in [0.3, 0.4) is 0 Å². The molecule has 1 heterocycles. The fourth-order valence-corrected chi connectivity index (χ4v) is 2.44. The topological polar surface area (TPSA) is 41.8 Å². The van der Waals surface area contributed by atoms with Crippen LogP contribution in [0.1, 0.15) is 32.8 Å². The lowest BCUT2D eigenvalue weighted by Crippen LogP contribution is -2.28. The van der Waals surface area contributed by atoms with Gasteiger partial charge in [-0.15, -0.1) is 0 Å². The number of hydrogen-bond acceptors (Lipinski definition) is 1. The Bertz CT molecular complexity index is 491. The molecule has 2 heteroatoms. The van der Waals surface area contributed by atoms with Gasteiger partial charge in [0.25, 0.3) is 0 Å². The molecule has 2 rings (SSSR count). The van der Waals surface area contributed by atoms with Crippen LogP contribution in [0.5, 0.6) is 0 Å². The highest BCUT2D eigenvalue weighted by Gasteiger charge is 2.17. The second-order valence-corrected chi connectivity index (χ2v) is 6.09. The van der Waals surface area contributed by atoms with E-state index in [9.17, 15) is 0 Å². The molecule has 0 radical (unpaired) electrons. The minimum Gasteiger partial charge on any atom is -0.361 e. The van der Waals surface area contributed by atoms with Gasteiger partial charge in [-0.25, -0.2) is 0 Å². The van der Waals surface area contributed by atoms with E-state index >= 15 is 0 Å². The molecular weight excluding hydrogens is 208 g/mol. The number of aromatic amines is 1. The normalized spacial score (nSPS) is 14.1. The summed E-state index contributed by atoms with van der Waals surface area (Å²) in [4.78, 5) is 3.30. The average Bonchev–Trinajstić information content (AvgIpc) is 2.59. The molecule has 0 spiro atoms. The van der Waals surface area contributed by atoms with Gasteiger partial charge in [0.2, 0.25) is 0 Å². The molecule has 0 saturated heterocycles. The summed E-state index contributed by atoms with van der Waals surface area (Å²) in [6.07, 6.45) is 4.08. The Morgan fingerprint density at radius 3 is 2.65 bits per heavy atom. The first-order chi connectivity index (χ1) is 7.96. The third-order valence-corrected chi connectivity index (χ3v) is 3.03. The van der Waals surface area contributed by atoms with Crippen molar-refractivity contribution in [2.24, 2.45) is 11.1 Å². The average molecular weight is 230 g/mol. The molecule has 3 N–H and O–H groups in total. The van der Waals surface area contributed by atoms with Crippen LogP contribution in [0.4, 0.5) is 0 Å². The van der Waals surface area contributed by atoms with Gasteiger partial charge in [-0.1, -0.05) is 39.0 Å². The van der Waals surface area contributed by atoms with Gasteiger partial charge in [0, 0.05) is 23.1 Å². The largest absolute Gasteiger partial charge is 0.361 e. The Morgan fingerprint density at radius 2 is 1.94 bits per heavy atom. The molecule has 0 amide bonds. The van der Waals surface area contributed by atoms with Gasteiger partial charge in [0.15, 0.2) is 0 Å². The van der Waals surface area contributed by atoms with Crippen LogP contribution in [-0.2, 0) is 6.42 Å². The summed E-state index contributed by atoms with van der Waals surface area (Å²) in [5, 5.41) is 1.30. The van der Waals surface area contributed by atoms with E-state index in [2.05, 4.69) is 56.2 Å². The van der Waals surface area contributed by atoms with Gasteiger partial charge in [-0.2, -0.15) is 0 Å². The van der Waals surface area contributed by atoms with E-state index in [1.165, 1.54) is 16.5 Å². The van der Waals surface area contributed by atoms with E-state index in [1.54, 1.807) is 0 Å². The predicted molar refractivity (Wildman–Crippen MR) is 74.1 cm³/mol. The fourth-order valence-electron chi connectivity index (χ4n) is 2.44. The fraction of sp³-hybridized carbons (Fsp3) is 0.467. The lowest BCUT2D eigenvalue weighted by molar-refractivity contribution is 0.338. The van der Waals surface area contributed by atoms with Crippen molar-refractivity contribution in [2.45, 2.75) is 39.7 Å². The summed E-state index contributed by atoms with van der Waals surface area (Å²) in [5.74, 6) is 0. The summed E-state index contributed by atoms with van der Waals surface area (Å²) >= 11 is 0. The molecule has 0 bridgehead atoms. The molecule has 1 unspecified atom stereocenters. The molecule has 2 nitrogen and oxygen atoms in total. The summed E-state index contributed by atoms with van der Waals surface area (Å²) in [5.41, 5.74) is 9.06. The SMILES string of the molecule is CC(C)(C)CC(N)Cc1c[nH]c2ccccc12. The van der Waals surface area contributed by atoms with Gasteiger partial charge >= 0.3 is 0 Å². The second-order valence-electron chi connectivity index (χ2n) is 6.09. The molecule has 17 heavy (non-hydrogen) atoms. The van der Waals surface area contributed by atoms with Crippen LogP contribution in [0.25, 0.3) is 10.9 Å². The number of hydrogen-bond donors (Lipinski definition) is 2. The molecule has 0 fully saturated rings. The van der Waals surface area contributed by atoms with E-state index < -0.39 is 0 Å². The first kappa shape index (κ1) is 12.2. The van der Waals surface area contributed by atoms with Crippen molar-refractivity contribution in [3.8, 4) is 0 Å². The van der Waals surface area contributed by atoms with Crippen LogP contribution in [0.2, 0.25) is 0 Å². The first-order valence-corrected chi connectivity index (χ1v) is 6.26. The molecule has 0 aliphatic heterocycles. The maximum Gasteiger partial charge on any atom is 0.0456 e. The van der Waals surface area contributed by atoms with Crippen LogP contribution in [0.15, 0.2) is 30.5 Å². The Balaban J connectivity index is 2.13. The minimum atomic E-state index is 0.231. The van der Waals surface area contributed by atoms with Crippen molar-refractivity contribution >= 4 is 10.9 Å². The molecule has 0 aliphatic rings.